The van der Waals surface area contributed by atoms with Crippen LogP contribution in [0.1, 0.15) is 0 Å². The molecule has 0 aliphatic carbocycles. The summed E-state index contributed by atoms with van der Waals surface area (Å²) in [4.78, 5) is 18.8. The van der Waals surface area contributed by atoms with Crippen molar-refractivity contribution in [3.8, 4) is 11.5 Å². The Kier molecular flexibility index (Phi) is 9.59. The van der Waals surface area contributed by atoms with Crippen LogP contribution in [0.3, 0.4) is 0 Å². The summed E-state index contributed by atoms with van der Waals surface area (Å²) in [5, 5.41) is 27.9. The number of anilines is 4. The monoisotopic (exact) mass is 650 g/mol. The Labute approximate surface area is 264 Å². The van der Waals surface area contributed by atoms with Gasteiger partial charge < -0.3 is 25.4 Å². The number of fused-ring (bicyclic) bond motifs is 2. The molecule has 4 N–H and O–H groups in total. The van der Waals surface area contributed by atoms with Crippen LogP contribution in [0.4, 0.5) is 23.0 Å². The number of aromatic hydroxyl groups is 2. The van der Waals surface area contributed by atoms with E-state index in [1.54, 1.807) is 66.5 Å². The summed E-state index contributed by atoms with van der Waals surface area (Å²) in [6.45, 7) is 0. The zero-order valence-corrected chi connectivity index (χ0v) is 25.9. The molecular weight excluding hydrogens is 627 g/mol. The molecule has 2 heterocycles. The summed E-state index contributed by atoms with van der Waals surface area (Å²) < 4.78 is 11.6. The molecule has 13 heteroatoms. The molecule has 6 aromatic rings. The Hall–Kier alpha value is -4.00. The topological polar surface area (TPSA) is 139 Å². The summed E-state index contributed by atoms with van der Waals surface area (Å²) in [5.41, 5.74) is 2.96. The number of aromatic nitrogens is 4. The molecule has 0 saturated heterocycles. The van der Waals surface area contributed by atoms with Gasteiger partial charge in [0.1, 0.15) is 42.0 Å². The van der Waals surface area contributed by atoms with E-state index in [0.29, 0.717) is 32.9 Å². The minimum atomic E-state index is -1.09. The molecule has 0 radical (unpaired) electrons. The smallest absolute Gasteiger partial charge is 0.153 e. The number of nitrogens with one attached hydrogen (secondary N) is 2. The van der Waals surface area contributed by atoms with Gasteiger partial charge in [0.05, 0.1) is 21.1 Å². The van der Waals surface area contributed by atoms with Crippen LogP contribution < -0.4 is 10.6 Å². The molecule has 4 aromatic carbocycles. The minimum Gasteiger partial charge on any atom is -0.612 e. The largest absolute Gasteiger partial charge is 0.612 e. The Balaban J connectivity index is 0.000000171. The molecule has 0 bridgehead atoms. The van der Waals surface area contributed by atoms with Gasteiger partial charge in [-0.25, -0.2) is 19.9 Å². The molecule has 43 heavy (non-hydrogen) atoms. The zero-order chi connectivity index (χ0) is 30.5. The number of benzene rings is 4. The molecule has 1 atom stereocenters. The zero-order valence-electron chi connectivity index (χ0n) is 22.7. The molecule has 0 saturated carbocycles. The van der Waals surface area contributed by atoms with Crippen LogP contribution in [0.2, 0.25) is 10.0 Å². The fourth-order valence-corrected chi connectivity index (χ4v) is 5.25. The molecular formula is C30H24Cl2N6O3S2. The van der Waals surface area contributed by atoms with E-state index in [9.17, 15) is 14.8 Å². The Morgan fingerprint density at radius 3 is 1.70 bits per heavy atom. The first-order chi connectivity index (χ1) is 20.7. The Bertz CT molecular complexity index is 1930. The third kappa shape index (κ3) is 7.32. The first-order valence-electron chi connectivity index (χ1n) is 12.6. The van der Waals surface area contributed by atoms with Gasteiger partial charge in [-0.3, -0.25) is 0 Å². The van der Waals surface area contributed by atoms with Crippen molar-refractivity contribution in [3.05, 3.63) is 95.5 Å². The van der Waals surface area contributed by atoms with E-state index in [4.69, 9.17) is 23.2 Å². The molecule has 0 aliphatic rings. The van der Waals surface area contributed by atoms with Crippen molar-refractivity contribution in [3.63, 3.8) is 0 Å². The van der Waals surface area contributed by atoms with Crippen LogP contribution in [0.25, 0.3) is 21.8 Å². The number of rotatable bonds is 6. The number of hydrogen-bond donors (Lipinski definition) is 4. The first-order valence-corrected chi connectivity index (χ1v) is 16.1. The highest BCUT2D eigenvalue weighted by molar-refractivity contribution is 7.98. The maximum absolute atomic E-state index is 11.6. The summed E-state index contributed by atoms with van der Waals surface area (Å²) in [6.07, 6.45) is 6.60. The molecule has 0 fully saturated rings. The van der Waals surface area contributed by atoms with Crippen LogP contribution in [0, 0.1) is 0 Å². The molecule has 6 rings (SSSR count). The van der Waals surface area contributed by atoms with Gasteiger partial charge in [-0.1, -0.05) is 23.2 Å². The standard InChI is InChI=1S/C15H12ClN3O2S.C15H12ClN3OS/c1-22(21)10-3-5-13-11(7-10)15(18-8-17-13)19-9-2-4-12(16)14(20)6-9;1-21-10-3-5-13-11(7-10)15(18-8-17-13)19-9-2-4-12(16)14(20)6-9/h2-8,20H,1H3,(H,17,18,19);2-8,20H,1H3,(H,17,18,19). The second-order valence-electron chi connectivity index (χ2n) is 9.04. The number of thioether (sulfide) groups is 1. The SMILES string of the molecule is CSc1ccc2ncnc(Nc3ccc(Cl)c(O)c3)c2c1.C[S+]([O-])c1ccc2ncnc(Nc3ccc(Cl)c(O)c3)c2c1. The van der Waals surface area contributed by atoms with Gasteiger partial charge in [0.25, 0.3) is 0 Å². The van der Waals surface area contributed by atoms with Crippen LogP contribution in [0.5, 0.6) is 11.5 Å². The van der Waals surface area contributed by atoms with Crippen molar-refractivity contribution < 1.29 is 14.8 Å². The van der Waals surface area contributed by atoms with E-state index in [1.807, 2.05) is 24.5 Å². The van der Waals surface area contributed by atoms with Gasteiger partial charge >= 0.3 is 0 Å². The molecule has 218 valence electrons. The van der Waals surface area contributed by atoms with Crippen molar-refractivity contribution in [2.45, 2.75) is 9.79 Å². The highest BCUT2D eigenvalue weighted by atomic mass is 35.5. The molecule has 0 aliphatic heterocycles. The number of phenols is 2. The highest BCUT2D eigenvalue weighted by Gasteiger charge is 2.11. The third-order valence-electron chi connectivity index (χ3n) is 6.20. The van der Waals surface area contributed by atoms with Crippen LogP contribution in [0.15, 0.2) is 95.2 Å². The average molecular weight is 652 g/mol. The van der Waals surface area contributed by atoms with Crippen molar-refractivity contribution in [1.29, 1.82) is 0 Å². The van der Waals surface area contributed by atoms with Crippen LogP contribution >= 0.6 is 35.0 Å². The predicted molar refractivity (Wildman–Crippen MR) is 176 cm³/mol. The second kappa shape index (κ2) is 13.5. The molecule has 0 amide bonds. The molecule has 9 nitrogen and oxygen atoms in total. The number of halogens is 2. The number of phenolic OH excluding ortho intramolecular Hbond substituents is 2. The summed E-state index contributed by atoms with van der Waals surface area (Å²) in [6, 6.07) is 21.2. The van der Waals surface area contributed by atoms with E-state index in [1.165, 1.54) is 18.7 Å². The minimum absolute atomic E-state index is 0.0135. The summed E-state index contributed by atoms with van der Waals surface area (Å²) in [5.74, 6) is 1.28. The number of hydrogen-bond acceptors (Lipinski definition) is 10. The van der Waals surface area contributed by atoms with E-state index in [2.05, 4.69) is 30.6 Å². The van der Waals surface area contributed by atoms with Crippen molar-refractivity contribution in [1.82, 2.24) is 19.9 Å². The third-order valence-corrected chi connectivity index (χ3v) is 8.48. The maximum Gasteiger partial charge on any atom is 0.153 e. The lowest BCUT2D eigenvalue weighted by Crippen LogP contribution is -2.00. The highest BCUT2D eigenvalue weighted by Crippen LogP contribution is 2.32. The fraction of sp³-hybridized carbons (Fsp3) is 0.0667. The average Bonchev–Trinajstić information content (AvgIpc) is 3.01. The lowest BCUT2D eigenvalue weighted by molar-refractivity contribution is 0.475. The van der Waals surface area contributed by atoms with E-state index in [0.717, 1.165) is 26.7 Å². The van der Waals surface area contributed by atoms with Crippen LogP contribution in [-0.4, -0.2) is 47.2 Å². The quantitative estimate of drug-likeness (QED) is 0.104. The first kappa shape index (κ1) is 30.5. The second-order valence-corrected chi connectivity index (χ2v) is 12.1. The Morgan fingerprint density at radius 1 is 0.698 bits per heavy atom. The van der Waals surface area contributed by atoms with Crippen molar-refractivity contribution in [2.24, 2.45) is 0 Å². The van der Waals surface area contributed by atoms with Gasteiger partial charge in [-0.2, -0.15) is 0 Å². The van der Waals surface area contributed by atoms with E-state index >= 15 is 0 Å². The molecule has 2 aromatic heterocycles. The van der Waals surface area contributed by atoms with Gasteiger partial charge in [0.15, 0.2) is 4.90 Å². The lowest BCUT2D eigenvalue weighted by atomic mass is 10.2. The maximum atomic E-state index is 11.6. The summed E-state index contributed by atoms with van der Waals surface area (Å²) >= 11 is 12.2. The van der Waals surface area contributed by atoms with Gasteiger partial charge in [-0.15, -0.1) is 11.8 Å². The van der Waals surface area contributed by atoms with Gasteiger partial charge in [-0.05, 0) is 72.0 Å². The van der Waals surface area contributed by atoms with Gasteiger partial charge in [0.2, 0.25) is 0 Å². The van der Waals surface area contributed by atoms with Crippen molar-refractivity contribution >= 4 is 91.0 Å². The van der Waals surface area contributed by atoms with Crippen LogP contribution in [-0.2, 0) is 11.2 Å². The van der Waals surface area contributed by atoms with Crippen molar-refractivity contribution in [2.75, 3.05) is 23.1 Å². The Morgan fingerprint density at radius 2 is 1.21 bits per heavy atom. The van der Waals surface area contributed by atoms with Gasteiger partial charge in [0, 0.05) is 45.2 Å². The number of nitrogens with zero attached hydrogens (tertiary/aromatic N) is 4. The van der Waals surface area contributed by atoms with E-state index < -0.39 is 11.2 Å². The normalized spacial score (nSPS) is 11.6. The fourth-order valence-electron chi connectivity index (χ4n) is 4.03. The van der Waals surface area contributed by atoms with E-state index in [-0.39, 0.29) is 16.5 Å². The molecule has 0 spiro atoms. The predicted octanol–water partition coefficient (Wildman–Crippen LogP) is 7.92. The summed E-state index contributed by atoms with van der Waals surface area (Å²) in [7, 11) is 0. The molecule has 1 unspecified atom stereocenters. The lowest BCUT2D eigenvalue weighted by Gasteiger charge is -2.10.